The van der Waals surface area contributed by atoms with E-state index in [1.165, 1.54) is 24.4 Å². The van der Waals surface area contributed by atoms with Crippen LogP contribution in [0.1, 0.15) is 27.3 Å². The van der Waals surface area contributed by atoms with Gasteiger partial charge in [-0.2, -0.15) is 0 Å². The average Bonchev–Trinajstić information content (AvgIpc) is 3.29. The first-order valence-electron chi connectivity index (χ1n) is 10.2. The smallest absolute Gasteiger partial charge is 0.332 e. The zero-order chi connectivity index (χ0) is 23.9. The maximum atomic E-state index is 14.4. The van der Waals surface area contributed by atoms with Crippen molar-refractivity contribution in [3.05, 3.63) is 88.0 Å². The first kappa shape index (κ1) is 23.6. The zero-order valence-corrected chi connectivity index (χ0v) is 19.9. The van der Waals surface area contributed by atoms with E-state index in [0.29, 0.717) is 33.1 Å². The Morgan fingerprint density at radius 1 is 1.12 bits per heavy atom. The van der Waals surface area contributed by atoms with Crippen molar-refractivity contribution in [3.63, 3.8) is 0 Å². The summed E-state index contributed by atoms with van der Waals surface area (Å²) in [7, 11) is 0. The minimum Gasteiger partial charge on any atom is -0.451 e. The number of rotatable bonds is 9. The normalized spacial score (nSPS) is 10.8. The molecule has 3 aromatic heterocycles. The number of hydrazine groups is 1. The van der Waals surface area contributed by atoms with Gasteiger partial charge in [0, 0.05) is 40.3 Å². The van der Waals surface area contributed by atoms with Gasteiger partial charge in [-0.1, -0.05) is 0 Å². The van der Waals surface area contributed by atoms with Crippen LogP contribution in [-0.2, 0) is 4.84 Å². The Hall–Kier alpha value is -3.58. The summed E-state index contributed by atoms with van der Waals surface area (Å²) in [6.07, 6.45) is 6.55. The van der Waals surface area contributed by atoms with E-state index in [-0.39, 0.29) is 24.0 Å². The summed E-state index contributed by atoms with van der Waals surface area (Å²) in [4.78, 5) is 38.7. The molecule has 2 amide bonds. The third-order valence-corrected chi connectivity index (χ3v) is 5.29. The zero-order valence-electron chi connectivity index (χ0n) is 17.7. The van der Waals surface area contributed by atoms with E-state index < -0.39 is 11.7 Å². The molecule has 4 rings (SSSR count). The Bertz CT molecular complexity index is 1270. The maximum absolute atomic E-state index is 14.4. The van der Waals surface area contributed by atoms with Gasteiger partial charge in [-0.25, -0.2) is 4.39 Å². The van der Waals surface area contributed by atoms with Gasteiger partial charge in [-0.05, 0) is 71.5 Å². The van der Waals surface area contributed by atoms with Gasteiger partial charge in [0.2, 0.25) is 0 Å². The van der Waals surface area contributed by atoms with Crippen LogP contribution in [0.3, 0.4) is 0 Å². The number of pyridine rings is 2. The van der Waals surface area contributed by atoms with Crippen LogP contribution >= 0.6 is 22.6 Å². The molecule has 0 saturated carbocycles. The maximum Gasteiger partial charge on any atom is 0.332 e. The molecular weight excluding hydrogens is 556 g/mol. The number of furan rings is 1. The second-order valence-corrected chi connectivity index (χ2v) is 8.29. The molecule has 0 spiro atoms. The van der Waals surface area contributed by atoms with E-state index in [2.05, 4.69) is 20.7 Å². The highest BCUT2D eigenvalue weighted by molar-refractivity contribution is 14.1. The molecule has 11 heteroatoms. The fraction of sp³-hybridized carbons (Fsp3) is 0.130. The van der Waals surface area contributed by atoms with Crippen LogP contribution in [0, 0.1) is 9.39 Å². The van der Waals surface area contributed by atoms with E-state index in [9.17, 15) is 14.0 Å². The standard InChI is InChI=1S/C23H19FIN5O4/c24-18-12-17(25)4-5-19(18)29-30(23(32)21-11-16-14-27-9-6-20(16)34-21)33-10-2-8-28-22(31)15-3-1-7-26-13-15/h1,3-7,9,11-14,29H,2,8,10H2,(H,28,31). The number of nitrogens with zero attached hydrogens (tertiary/aromatic N) is 3. The molecule has 0 bridgehead atoms. The number of hydrogen-bond acceptors (Lipinski definition) is 7. The summed E-state index contributed by atoms with van der Waals surface area (Å²) in [6.45, 7) is 0.351. The summed E-state index contributed by atoms with van der Waals surface area (Å²) in [5.41, 5.74) is 3.63. The second-order valence-electron chi connectivity index (χ2n) is 7.04. The molecule has 0 radical (unpaired) electrons. The minimum atomic E-state index is -0.659. The molecule has 0 fully saturated rings. The highest BCUT2D eigenvalue weighted by Crippen LogP contribution is 2.22. The number of hydroxylamine groups is 1. The molecule has 0 aliphatic heterocycles. The Labute approximate surface area is 207 Å². The number of fused-ring (bicyclic) bond motifs is 1. The third kappa shape index (κ3) is 5.85. The fourth-order valence-electron chi connectivity index (χ4n) is 2.95. The predicted molar refractivity (Wildman–Crippen MR) is 130 cm³/mol. The van der Waals surface area contributed by atoms with Crippen LogP contribution in [-0.4, -0.2) is 40.1 Å². The predicted octanol–water partition coefficient (Wildman–Crippen LogP) is 4.19. The van der Waals surface area contributed by atoms with Crippen molar-refractivity contribution in [3.8, 4) is 0 Å². The van der Waals surface area contributed by atoms with Crippen molar-refractivity contribution >= 4 is 51.1 Å². The molecular formula is C23H19FIN5O4. The molecule has 3 heterocycles. The van der Waals surface area contributed by atoms with Crippen LogP contribution in [0.4, 0.5) is 10.1 Å². The minimum absolute atomic E-state index is 0.00806. The Balaban J connectivity index is 1.41. The number of amides is 2. The van der Waals surface area contributed by atoms with E-state index in [1.807, 2.05) is 22.6 Å². The van der Waals surface area contributed by atoms with Crippen LogP contribution < -0.4 is 10.7 Å². The molecule has 174 valence electrons. The Kier molecular flexibility index (Phi) is 7.65. The topological polar surface area (TPSA) is 110 Å². The lowest BCUT2D eigenvalue weighted by Gasteiger charge is -2.22. The van der Waals surface area contributed by atoms with Crippen molar-refractivity contribution in [2.75, 3.05) is 18.6 Å². The third-order valence-electron chi connectivity index (χ3n) is 4.62. The number of benzene rings is 1. The Morgan fingerprint density at radius 2 is 1.97 bits per heavy atom. The van der Waals surface area contributed by atoms with E-state index in [1.54, 1.807) is 42.9 Å². The fourth-order valence-corrected chi connectivity index (χ4v) is 3.40. The van der Waals surface area contributed by atoms with Crippen molar-refractivity contribution in [2.24, 2.45) is 0 Å². The summed E-state index contributed by atoms with van der Waals surface area (Å²) in [5.74, 6) is -1.48. The molecule has 0 saturated heterocycles. The number of carbonyl (C=O) groups is 2. The van der Waals surface area contributed by atoms with Gasteiger partial charge in [0.25, 0.3) is 5.91 Å². The lowest BCUT2D eigenvalue weighted by atomic mass is 10.2. The molecule has 0 unspecified atom stereocenters. The summed E-state index contributed by atoms with van der Waals surface area (Å²) >= 11 is 1.99. The largest absolute Gasteiger partial charge is 0.451 e. The van der Waals surface area contributed by atoms with Gasteiger partial charge in [0.05, 0.1) is 17.9 Å². The van der Waals surface area contributed by atoms with Crippen LogP contribution in [0.25, 0.3) is 11.0 Å². The van der Waals surface area contributed by atoms with Gasteiger partial charge in [-0.3, -0.25) is 29.8 Å². The van der Waals surface area contributed by atoms with E-state index in [0.717, 1.165) is 5.17 Å². The highest BCUT2D eigenvalue weighted by Gasteiger charge is 2.23. The number of anilines is 1. The first-order chi connectivity index (χ1) is 16.5. The number of hydrogen-bond donors (Lipinski definition) is 2. The highest BCUT2D eigenvalue weighted by atomic mass is 127. The molecule has 34 heavy (non-hydrogen) atoms. The van der Waals surface area contributed by atoms with Gasteiger partial charge in [-0.15, -0.1) is 5.17 Å². The van der Waals surface area contributed by atoms with Crippen LogP contribution in [0.2, 0.25) is 0 Å². The number of halogens is 2. The number of nitrogens with one attached hydrogen (secondary N) is 2. The molecule has 4 aromatic rings. The lowest BCUT2D eigenvalue weighted by Crippen LogP contribution is -2.37. The van der Waals surface area contributed by atoms with Gasteiger partial charge in [0.1, 0.15) is 11.4 Å². The monoisotopic (exact) mass is 575 g/mol. The van der Waals surface area contributed by atoms with Crippen molar-refractivity contribution in [2.45, 2.75) is 6.42 Å². The summed E-state index contributed by atoms with van der Waals surface area (Å²) in [5, 5.41) is 4.21. The van der Waals surface area contributed by atoms with E-state index >= 15 is 0 Å². The molecule has 1 aromatic carbocycles. The van der Waals surface area contributed by atoms with Gasteiger partial charge < -0.3 is 9.73 Å². The molecule has 2 N–H and O–H groups in total. The number of carbonyl (C=O) groups excluding carboxylic acids is 2. The van der Waals surface area contributed by atoms with Crippen LogP contribution in [0.15, 0.2) is 71.7 Å². The van der Waals surface area contributed by atoms with Crippen LogP contribution in [0.5, 0.6) is 0 Å². The van der Waals surface area contributed by atoms with E-state index in [4.69, 9.17) is 9.25 Å². The Morgan fingerprint density at radius 3 is 2.74 bits per heavy atom. The van der Waals surface area contributed by atoms with Gasteiger partial charge >= 0.3 is 5.91 Å². The van der Waals surface area contributed by atoms with Crippen molar-refractivity contribution < 1.29 is 23.2 Å². The first-order valence-corrected chi connectivity index (χ1v) is 11.3. The van der Waals surface area contributed by atoms with Crippen molar-refractivity contribution in [1.29, 1.82) is 0 Å². The second kappa shape index (κ2) is 11.0. The molecule has 0 aliphatic carbocycles. The molecule has 9 nitrogen and oxygen atoms in total. The quantitative estimate of drug-likeness (QED) is 0.175. The average molecular weight is 575 g/mol. The van der Waals surface area contributed by atoms with Gasteiger partial charge in [0.15, 0.2) is 5.76 Å². The van der Waals surface area contributed by atoms with Crippen molar-refractivity contribution in [1.82, 2.24) is 20.5 Å². The molecule has 0 atom stereocenters. The summed E-state index contributed by atoms with van der Waals surface area (Å²) in [6, 6.07) is 11.0. The SMILES string of the molecule is O=C(NCCCON(Nc1ccc(I)cc1F)C(=O)c1cc2cnccc2o1)c1cccnc1. The number of aromatic nitrogens is 2. The molecule has 0 aliphatic rings. The summed E-state index contributed by atoms with van der Waals surface area (Å²) < 4.78 is 20.7. The lowest BCUT2D eigenvalue weighted by molar-refractivity contribution is -0.108.